The molecule has 0 spiro atoms. The molecule has 1 aliphatic heterocycles. The van der Waals surface area contributed by atoms with E-state index < -0.39 is 0 Å². The minimum Gasteiger partial charge on any atom is -0.379 e. The fourth-order valence-electron chi connectivity index (χ4n) is 4.87. The van der Waals surface area contributed by atoms with Crippen molar-refractivity contribution < 1.29 is 9.26 Å². The van der Waals surface area contributed by atoms with E-state index in [9.17, 15) is 0 Å². The Bertz CT molecular complexity index is 1310. The van der Waals surface area contributed by atoms with Crippen LogP contribution in [0.1, 0.15) is 30.7 Å². The van der Waals surface area contributed by atoms with Crippen molar-refractivity contribution in [1.29, 1.82) is 0 Å². The van der Waals surface area contributed by atoms with Crippen LogP contribution in [0, 0.1) is 0 Å². The highest BCUT2D eigenvalue weighted by Gasteiger charge is 2.44. The lowest BCUT2D eigenvalue weighted by Gasteiger charge is -2.39. The number of ether oxygens (including phenoxy) is 1. The SMILES string of the molecule is Nc1ncc(-c2ccc(C3(c4noc(-c5ccc(NCCN6CCOCC6)nn5)n4)CCC3)cc2)cn1. The molecule has 4 heterocycles. The maximum atomic E-state index is 5.63. The van der Waals surface area contributed by atoms with Gasteiger partial charge in [0.1, 0.15) is 5.82 Å². The fraction of sp³-hybridized carbons (Fsp3) is 0.385. The van der Waals surface area contributed by atoms with Crippen molar-refractivity contribution in [2.75, 3.05) is 50.4 Å². The van der Waals surface area contributed by atoms with Gasteiger partial charge >= 0.3 is 0 Å². The van der Waals surface area contributed by atoms with Gasteiger partial charge in [-0.2, -0.15) is 4.98 Å². The average molecular weight is 500 g/mol. The number of anilines is 2. The predicted octanol–water partition coefficient (Wildman–Crippen LogP) is 2.78. The first kappa shape index (κ1) is 23.4. The quantitative estimate of drug-likeness (QED) is 0.370. The Morgan fingerprint density at radius 2 is 1.73 bits per heavy atom. The van der Waals surface area contributed by atoms with Crippen molar-refractivity contribution in [2.45, 2.75) is 24.7 Å². The van der Waals surface area contributed by atoms with E-state index in [1.165, 1.54) is 0 Å². The molecular formula is C26H29N9O2. The molecule has 3 aromatic heterocycles. The zero-order valence-corrected chi connectivity index (χ0v) is 20.5. The Kier molecular flexibility index (Phi) is 6.46. The van der Waals surface area contributed by atoms with Gasteiger partial charge in [-0.15, -0.1) is 10.2 Å². The van der Waals surface area contributed by atoms with Gasteiger partial charge in [-0.25, -0.2) is 9.97 Å². The van der Waals surface area contributed by atoms with Gasteiger partial charge in [0.2, 0.25) is 5.95 Å². The number of benzene rings is 1. The molecule has 1 saturated heterocycles. The molecule has 2 aliphatic rings. The van der Waals surface area contributed by atoms with Crippen molar-refractivity contribution in [3.8, 4) is 22.7 Å². The molecule has 190 valence electrons. The number of nitrogens with two attached hydrogens (primary N) is 1. The van der Waals surface area contributed by atoms with Crippen LogP contribution in [-0.4, -0.2) is 74.6 Å². The smallest absolute Gasteiger partial charge is 0.278 e. The molecule has 1 aromatic carbocycles. The Morgan fingerprint density at radius 1 is 0.946 bits per heavy atom. The van der Waals surface area contributed by atoms with Gasteiger partial charge in [0.05, 0.1) is 18.6 Å². The molecule has 0 amide bonds. The molecule has 1 saturated carbocycles. The third-order valence-electron chi connectivity index (χ3n) is 7.23. The Balaban J connectivity index is 1.13. The summed E-state index contributed by atoms with van der Waals surface area (Å²) in [7, 11) is 0. The van der Waals surface area contributed by atoms with Crippen LogP contribution in [0.3, 0.4) is 0 Å². The third-order valence-corrected chi connectivity index (χ3v) is 7.23. The summed E-state index contributed by atoms with van der Waals surface area (Å²) >= 11 is 0. The first-order valence-electron chi connectivity index (χ1n) is 12.6. The number of morpholine rings is 1. The van der Waals surface area contributed by atoms with Crippen molar-refractivity contribution in [2.24, 2.45) is 0 Å². The van der Waals surface area contributed by atoms with Crippen LogP contribution >= 0.6 is 0 Å². The van der Waals surface area contributed by atoms with E-state index in [-0.39, 0.29) is 11.4 Å². The van der Waals surface area contributed by atoms with E-state index in [1.807, 2.05) is 12.1 Å². The normalized spacial score (nSPS) is 17.3. The Labute approximate surface area is 214 Å². The standard InChI is InChI=1S/C26H29N9O2/c27-25-29-16-19(17-30-25)18-2-4-20(5-3-18)26(8-1-9-26)24-31-23(37-34-24)21-6-7-22(33-32-21)28-10-11-35-12-14-36-15-13-35/h2-7,16-17H,1,8-15H2,(H,28,33)(H2,27,29,30). The van der Waals surface area contributed by atoms with Gasteiger partial charge < -0.3 is 20.3 Å². The molecule has 11 heteroatoms. The van der Waals surface area contributed by atoms with E-state index in [0.29, 0.717) is 17.4 Å². The highest BCUT2D eigenvalue weighted by molar-refractivity contribution is 5.63. The highest BCUT2D eigenvalue weighted by Crippen LogP contribution is 2.48. The summed E-state index contributed by atoms with van der Waals surface area (Å²) in [6.45, 7) is 5.27. The molecule has 11 nitrogen and oxygen atoms in total. The summed E-state index contributed by atoms with van der Waals surface area (Å²) in [5.41, 5.74) is 9.03. The maximum Gasteiger partial charge on any atom is 0.278 e. The molecule has 0 radical (unpaired) electrons. The lowest BCUT2D eigenvalue weighted by atomic mass is 9.64. The topological polar surface area (TPSA) is 141 Å². The van der Waals surface area contributed by atoms with Gasteiger partial charge in [0.25, 0.3) is 5.89 Å². The summed E-state index contributed by atoms with van der Waals surface area (Å²) in [4.78, 5) is 15.3. The zero-order chi connectivity index (χ0) is 25.1. The summed E-state index contributed by atoms with van der Waals surface area (Å²) in [5.74, 6) is 2.05. The van der Waals surface area contributed by atoms with Crippen molar-refractivity contribution in [3.05, 3.63) is 60.2 Å². The van der Waals surface area contributed by atoms with Crippen LogP contribution in [0.4, 0.5) is 11.8 Å². The van der Waals surface area contributed by atoms with E-state index in [1.54, 1.807) is 12.4 Å². The Morgan fingerprint density at radius 3 is 2.41 bits per heavy atom. The van der Waals surface area contributed by atoms with Crippen molar-refractivity contribution in [3.63, 3.8) is 0 Å². The molecule has 37 heavy (non-hydrogen) atoms. The van der Waals surface area contributed by atoms with Crippen molar-refractivity contribution >= 4 is 11.8 Å². The number of nitrogens with zero attached hydrogens (tertiary/aromatic N) is 7. The predicted molar refractivity (Wildman–Crippen MR) is 138 cm³/mol. The van der Waals surface area contributed by atoms with Gasteiger partial charge in [-0.05, 0) is 36.1 Å². The second-order valence-corrected chi connectivity index (χ2v) is 9.45. The molecule has 2 fully saturated rings. The molecule has 6 rings (SSSR count). The van der Waals surface area contributed by atoms with Crippen LogP contribution in [0.2, 0.25) is 0 Å². The number of nitrogens with one attached hydrogen (secondary N) is 1. The lowest BCUT2D eigenvalue weighted by Crippen LogP contribution is -2.39. The number of hydrogen-bond acceptors (Lipinski definition) is 11. The van der Waals surface area contributed by atoms with Gasteiger partial charge in [-0.3, -0.25) is 4.90 Å². The summed E-state index contributed by atoms with van der Waals surface area (Å²) < 4.78 is 11.0. The van der Waals surface area contributed by atoms with Crippen LogP contribution in [-0.2, 0) is 10.2 Å². The second-order valence-electron chi connectivity index (χ2n) is 9.45. The van der Waals surface area contributed by atoms with Crippen LogP contribution in [0.15, 0.2) is 53.3 Å². The average Bonchev–Trinajstić information content (AvgIpc) is 3.40. The van der Waals surface area contributed by atoms with Crippen molar-refractivity contribution in [1.82, 2.24) is 35.2 Å². The monoisotopic (exact) mass is 499 g/mol. The minimum absolute atomic E-state index is 0.258. The van der Waals surface area contributed by atoms with Gasteiger partial charge in [0.15, 0.2) is 11.5 Å². The number of aromatic nitrogens is 6. The Hall–Kier alpha value is -3.96. The highest BCUT2D eigenvalue weighted by atomic mass is 16.5. The number of hydrogen-bond donors (Lipinski definition) is 2. The van der Waals surface area contributed by atoms with E-state index >= 15 is 0 Å². The third kappa shape index (κ3) is 4.87. The lowest BCUT2D eigenvalue weighted by molar-refractivity contribution is 0.0398. The van der Waals surface area contributed by atoms with Crippen LogP contribution in [0.5, 0.6) is 0 Å². The van der Waals surface area contributed by atoms with E-state index in [2.05, 4.69) is 59.8 Å². The molecule has 0 atom stereocenters. The number of rotatable bonds is 8. The van der Waals surface area contributed by atoms with Crippen LogP contribution < -0.4 is 11.1 Å². The summed E-state index contributed by atoms with van der Waals surface area (Å²) in [5, 5.41) is 16.3. The molecule has 3 N–H and O–H groups in total. The fourth-order valence-corrected chi connectivity index (χ4v) is 4.87. The van der Waals surface area contributed by atoms with Gasteiger partial charge in [-0.1, -0.05) is 35.8 Å². The van der Waals surface area contributed by atoms with Crippen LogP contribution in [0.25, 0.3) is 22.7 Å². The second kappa shape index (κ2) is 10.2. The molecule has 1 aliphatic carbocycles. The summed E-state index contributed by atoms with van der Waals surface area (Å²) in [6.07, 6.45) is 6.51. The molecule has 0 unspecified atom stereocenters. The van der Waals surface area contributed by atoms with E-state index in [0.717, 1.165) is 81.2 Å². The largest absolute Gasteiger partial charge is 0.379 e. The van der Waals surface area contributed by atoms with E-state index in [4.69, 9.17) is 20.0 Å². The molecule has 4 aromatic rings. The summed E-state index contributed by atoms with van der Waals surface area (Å²) in [6, 6.07) is 12.1. The first-order chi connectivity index (χ1) is 18.2. The molecule has 0 bridgehead atoms. The first-order valence-corrected chi connectivity index (χ1v) is 12.6. The van der Waals surface area contributed by atoms with Gasteiger partial charge in [0, 0.05) is 44.1 Å². The maximum absolute atomic E-state index is 5.63. The minimum atomic E-state index is -0.258. The zero-order valence-electron chi connectivity index (χ0n) is 20.5. The molecular weight excluding hydrogens is 470 g/mol. The number of nitrogen functional groups attached to an aromatic ring is 1.